The first-order valence-corrected chi connectivity index (χ1v) is 5.42. The van der Waals surface area contributed by atoms with Crippen molar-refractivity contribution in [3.05, 3.63) is 19.3 Å². The normalized spacial score (nSPS) is 11.8. The van der Waals surface area contributed by atoms with Gasteiger partial charge in [0.2, 0.25) is 4.60 Å². The first kappa shape index (κ1) is 11.6. The van der Waals surface area contributed by atoms with Gasteiger partial charge in [-0.05, 0) is 52.6 Å². The van der Waals surface area contributed by atoms with Gasteiger partial charge in [-0.25, -0.2) is 4.68 Å². The molecule has 0 radical (unpaired) electrons. The third-order valence-electron chi connectivity index (χ3n) is 1.58. The average Bonchev–Trinajstić information content (AvgIpc) is 2.24. The van der Waals surface area contributed by atoms with Gasteiger partial charge < -0.3 is 0 Å². The van der Waals surface area contributed by atoms with Gasteiger partial charge in [-0.2, -0.15) is 5.10 Å². The molecule has 0 spiro atoms. The van der Waals surface area contributed by atoms with E-state index in [1.165, 1.54) is 0 Å². The molecule has 78 valence electrons. The molecule has 0 aliphatic carbocycles. The fourth-order valence-corrected chi connectivity index (χ4v) is 2.66. The molecule has 0 aliphatic heterocycles. The fourth-order valence-electron chi connectivity index (χ4n) is 0.960. The van der Waals surface area contributed by atoms with E-state index in [0.717, 1.165) is 0 Å². The second-order valence-electron chi connectivity index (χ2n) is 3.77. The quantitative estimate of drug-likeness (QED) is 0.588. The number of aromatic nitrogens is 2. The van der Waals surface area contributed by atoms with Gasteiger partial charge in [-0.15, -0.1) is 0 Å². The standard InChI is InChI=1S/C7H9Br2N3O2/c1-7(2,3)11-6(9)4(12(13)14)5(8)10-11/h1-3H3. The molecule has 0 aliphatic rings. The van der Waals surface area contributed by atoms with Crippen LogP contribution in [-0.2, 0) is 5.54 Å². The molecule has 0 amide bonds. The van der Waals surface area contributed by atoms with E-state index < -0.39 is 4.92 Å². The summed E-state index contributed by atoms with van der Waals surface area (Å²) >= 11 is 6.22. The largest absolute Gasteiger partial charge is 0.335 e. The lowest BCUT2D eigenvalue weighted by Gasteiger charge is -2.19. The topological polar surface area (TPSA) is 61.0 Å². The molecular weight excluding hydrogens is 318 g/mol. The minimum absolute atomic E-state index is 0.0417. The Bertz CT molecular complexity index is 381. The highest BCUT2D eigenvalue weighted by atomic mass is 79.9. The van der Waals surface area contributed by atoms with Crippen molar-refractivity contribution in [2.45, 2.75) is 26.3 Å². The zero-order chi connectivity index (χ0) is 11.1. The monoisotopic (exact) mass is 325 g/mol. The molecule has 1 aromatic rings. The van der Waals surface area contributed by atoms with E-state index in [1.807, 2.05) is 20.8 Å². The lowest BCUT2D eigenvalue weighted by atomic mass is 10.1. The maximum absolute atomic E-state index is 10.7. The minimum atomic E-state index is -0.469. The molecule has 0 saturated heterocycles. The molecule has 1 rings (SSSR count). The molecule has 5 nitrogen and oxygen atoms in total. The summed E-state index contributed by atoms with van der Waals surface area (Å²) in [6.45, 7) is 5.75. The molecule has 0 N–H and O–H groups in total. The minimum Gasteiger partial charge on any atom is -0.258 e. The summed E-state index contributed by atoms with van der Waals surface area (Å²) in [4.78, 5) is 10.2. The van der Waals surface area contributed by atoms with Crippen molar-refractivity contribution in [1.82, 2.24) is 9.78 Å². The van der Waals surface area contributed by atoms with Crippen LogP contribution in [0.15, 0.2) is 9.21 Å². The Hall–Kier alpha value is -0.430. The molecule has 0 atom stereocenters. The summed E-state index contributed by atoms with van der Waals surface area (Å²) in [7, 11) is 0. The maximum Gasteiger partial charge on any atom is 0.335 e. The van der Waals surface area contributed by atoms with Crippen LogP contribution in [-0.4, -0.2) is 14.7 Å². The van der Waals surface area contributed by atoms with Gasteiger partial charge in [0.05, 0.1) is 10.5 Å². The van der Waals surface area contributed by atoms with Gasteiger partial charge in [0.1, 0.15) is 0 Å². The number of rotatable bonds is 1. The second kappa shape index (κ2) is 3.62. The van der Waals surface area contributed by atoms with E-state index in [4.69, 9.17) is 0 Å². The number of halogens is 2. The first-order valence-electron chi connectivity index (χ1n) is 3.84. The van der Waals surface area contributed by atoms with E-state index in [9.17, 15) is 10.1 Å². The zero-order valence-electron chi connectivity index (χ0n) is 7.91. The second-order valence-corrected chi connectivity index (χ2v) is 5.27. The van der Waals surface area contributed by atoms with Crippen LogP contribution in [0.2, 0.25) is 0 Å². The molecule has 0 bridgehead atoms. The number of hydrogen-bond donors (Lipinski definition) is 0. The molecule has 0 unspecified atom stereocenters. The van der Waals surface area contributed by atoms with E-state index in [2.05, 4.69) is 37.0 Å². The number of hydrogen-bond acceptors (Lipinski definition) is 3. The van der Waals surface area contributed by atoms with Crippen molar-refractivity contribution in [2.75, 3.05) is 0 Å². The van der Waals surface area contributed by atoms with Crippen molar-refractivity contribution < 1.29 is 4.92 Å². The van der Waals surface area contributed by atoms with Gasteiger partial charge in [0.25, 0.3) is 0 Å². The Balaban J connectivity index is 3.39. The van der Waals surface area contributed by atoms with Crippen molar-refractivity contribution in [2.24, 2.45) is 0 Å². The summed E-state index contributed by atoms with van der Waals surface area (Å²) in [5.41, 5.74) is -0.338. The SMILES string of the molecule is CC(C)(C)n1nc(Br)c([N+](=O)[O-])c1Br. The Labute approximate surface area is 97.9 Å². The fraction of sp³-hybridized carbons (Fsp3) is 0.571. The van der Waals surface area contributed by atoms with Crippen LogP contribution in [0.1, 0.15) is 20.8 Å². The third-order valence-corrected chi connectivity index (χ3v) is 2.83. The molecule has 0 fully saturated rings. The van der Waals surface area contributed by atoms with Gasteiger partial charge in [-0.1, -0.05) is 0 Å². The Morgan fingerprint density at radius 3 is 2.14 bits per heavy atom. The molecule has 1 aromatic heterocycles. The van der Waals surface area contributed by atoms with Crippen LogP contribution in [0.25, 0.3) is 0 Å². The van der Waals surface area contributed by atoms with Crippen LogP contribution in [0, 0.1) is 10.1 Å². The first-order chi connectivity index (χ1) is 6.25. The van der Waals surface area contributed by atoms with Gasteiger partial charge in [0, 0.05) is 0 Å². The van der Waals surface area contributed by atoms with Crippen molar-refractivity contribution in [3.63, 3.8) is 0 Å². The Kier molecular flexibility index (Phi) is 3.01. The predicted molar refractivity (Wildman–Crippen MR) is 59.3 cm³/mol. The summed E-state index contributed by atoms with van der Waals surface area (Å²) < 4.78 is 2.18. The van der Waals surface area contributed by atoms with Crippen LogP contribution in [0.4, 0.5) is 5.69 Å². The molecule has 1 heterocycles. The smallest absolute Gasteiger partial charge is 0.258 e. The molecule has 7 heteroatoms. The van der Waals surface area contributed by atoms with Crippen molar-refractivity contribution in [1.29, 1.82) is 0 Å². The van der Waals surface area contributed by atoms with Crippen LogP contribution >= 0.6 is 31.9 Å². The van der Waals surface area contributed by atoms with Crippen LogP contribution in [0.3, 0.4) is 0 Å². The Morgan fingerprint density at radius 2 is 1.93 bits per heavy atom. The molecule has 0 saturated carbocycles. The maximum atomic E-state index is 10.7. The Morgan fingerprint density at radius 1 is 1.43 bits per heavy atom. The third kappa shape index (κ3) is 1.98. The average molecular weight is 327 g/mol. The van der Waals surface area contributed by atoms with E-state index >= 15 is 0 Å². The summed E-state index contributed by atoms with van der Waals surface area (Å²) in [6, 6.07) is 0. The summed E-state index contributed by atoms with van der Waals surface area (Å²) in [5, 5.41) is 14.7. The van der Waals surface area contributed by atoms with Crippen LogP contribution in [0.5, 0.6) is 0 Å². The zero-order valence-corrected chi connectivity index (χ0v) is 11.1. The van der Waals surface area contributed by atoms with Gasteiger partial charge in [-0.3, -0.25) is 10.1 Å². The number of nitrogens with zero attached hydrogens (tertiary/aromatic N) is 3. The van der Waals surface area contributed by atoms with E-state index in [1.54, 1.807) is 4.68 Å². The highest BCUT2D eigenvalue weighted by molar-refractivity contribution is 9.11. The van der Waals surface area contributed by atoms with Crippen molar-refractivity contribution >= 4 is 37.5 Å². The summed E-state index contributed by atoms with van der Waals surface area (Å²) in [6.07, 6.45) is 0. The number of nitro groups is 1. The van der Waals surface area contributed by atoms with Gasteiger partial charge >= 0.3 is 5.69 Å². The highest BCUT2D eigenvalue weighted by Gasteiger charge is 2.29. The lowest BCUT2D eigenvalue weighted by Crippen LogP contribution is -2.23. The lowest BCUT2D eigenvalue weighted by molar-refractivity contribution is -0.386. The predicted octanol–water partition coefficient (Wildman–Crippen LogP) is 3.07. The molecule has 14 heavy (non-hydrogen) atoms. The van der Waals surface area contributed by atoms with Crippen molar-refractivity contribution in [3.8, 4) is 0 Å². The van der Waals surface area contributed by atoms with E-state index in [-0.39, 0.29) is 15.8 Å². The molecule has 0 aromatic carbocycles. The van der Waals surface area contributed by atoms with E-state index in [0.29, 0.717) is 4.60 Å². The highest BCUT2D eigenvalue weighted by Crippen LogP contribution is 2.35. The van der Waals surface area contributed by atoms with Gasteiger partial charge in [0.15, 0.2) is 4.60 Å². The van der Waals surface area contributed by atoms with Crippen LogP contribution < -0.4 is 0 Å². The summed E-state index contributed by atoms with van der Waals surface area (Å²) in [5.74, 6) is 0. The molecular formula is C7H9Br2N3O2.